The van der Waals surface area contributed by atoms with E-state index in [2.05, 4.69) is 15.4 Å². The molecular weight excluding hydrogens is 416 g/mol. The summed E-state index contributed by atoms with van der Waals surface area (Å²) >= 11 is 6.24. The summed E-state index contributed by atoms with van der Waals surface area (Å²) in [6.45, 7) is 8.45. The lowest BCUT2D eigenvalue weighted by atomic mass is 10.1. The van der Waals surface area contributed by atoms with Crippen molar-refractivity contribution >= 4 is 17.5 Å². The summed E-state index contributed by atoms with van der Waals surface area (Å²) in [7, 11) is 0. The Labute approximate surface area is 187 Å². The van der Waals surface area contributed by atoms with Crippen LogP contribution in [-0.2, 0) is 22.6 Å². The van der Waals surface area contributed by atoms with E-state index in [1.165, 1.54) is 0 Å². The van der Waals surface area contributed by atoms with Gasteiger partial charge in [-0.1, -0.05) is 35.9 Å². The SMILES string of the molecule is CCOCCOCc1cccc(CNC(=O)c2nc(-n3nc(C)cc3C)ccc2Cl)c1. The molecule has 0 aliphatic heterocycles. The van der Waals surface area contributed by atoms with Gasteiger partial charge in [0.15, 0.2) is 5.82 Å². The smallest absolute Gasteiger partial charge is 0.271 e. The molecule has 0 saturated carbocycles. The molecule has 0 radical (unpaired) electrons. The summed E-state index contributed by atoms with van der Waals surface area (Å²) in [5.41, 5.74) is 3.97. The molecular formula is C23H27ClN4O3. The maximum Gasteiger partial charge on any atom is 0.271 e. The summed E-state index contributed by atoms with van der Waals surface area (Å²) in [6.07, 6.45) is 0. The lowest BCUT2D eigenvalue weighted by molar-refractivity contribution is 0.0453. The predicted molar refractivity (Wildman–Crippen MR) is 120 cm³/mol. The topological polar surface area (TPSA) is 78.3 Å². The molecule has 3 rings (SSSR count). The number of rotatable bonds is 10. The number of pyridine rings is 1. The normalized spacial score (nSPS) is 11.0. The maximum absolute atomic E-state index is 12.7. The number of ether oxygens (including phenoxy) is 2. The van der Waals surface area contributed by atoms with Crippen LogP contribution in [0.25, 0.3) is 5.82 Å². The van der Waals surface area contributed by atoms with E-state index in [0.29, 0.717) is 43.8 Å². The molecule has 0 bridgehead atoms. The first kappa shape index (κ1) is 22.9. The van der Waals surface area contributed by atoms with E-state index in [1.54, 1.807) is 16.8 Å². The third-order valence-corrected chi connectivity index (χ3v) is 4.87. The quantitative estimate of drug-likeness (QED) is 0.480. The Bertz CT molecular complexity index is 1040. The van der Waals surface area contributed by atoms with E-state index in [9.17, 15) is 4.79 Å². The number of nitrogens with zero attached hydrogens (tertiary/aromatic N) is 3. The molecule has 2 heterocycles. The van der Waals surface area contributed by atoms with E-state index in [1.807, 2.05) is 51.1 Å². The highest BCUT2D eigenvalue weighted by Crippen LogP contribution is 2.18. The lowest BCUT2D eigenvalue weighted by Crippen LogP contribution is -2.24. The van der Waals surface area contributed by atoms with E-state index in [0.717, 1.165) is 22.5 Å². The average Bonchev–Trinajstić information content (AvgIpc) is 3.10. The van der Waals surface area contributed by atoms with Crippen LogP contribution < -0.4 is 5.32 Å². The molecule has 8 heteroatoms. The lowest BCUT2D eigenvalue weighted by Gasteiger charge is -2.10. The first-order valence-electron chi connectivity index (χ1n) is 10.2. The van der Waals surface area contributed by atoms with Gasteiger partial charge in [-0.15, -0.1) is 0 Å². The number of carbonyl (C=O) groups excluding carboxylic acids is 1. The fourth-order valence-electron chi connectivity index (χ4n) is 3.12. The highest BCUT2D eigenvalue weighted by Gasteiger charge is 2.15. The van der Waals surface area contributed by atoms with Crippen molar-refractivity contribution in [3.8, 4) is 5.82 Å². The van der Waals surface area contributed by atoms with Gasteiger partial charge in [0.2, 0.25) is 0 Å². The Morgan fingerprint density at radius 2 is 1.87 bits per heavy atom. The number of hydrogen-bond acceptors (Lipinski definition) is 5. The van der Waals surface area contributed by atoms with Crippen LogP contribution in [0.3, 0.4) is 0 Å². The van der Waals surface area contributed by atoms with Crippen molar-refractivity contribution in [2.45, 2.75) is 33.9 Å². The summed E-state index contributed by atoms with van der Waals surface area (Å²) in [4.78, 5) is 17.2. The van der Waals surface area contributed by atoms with Gasteiger partial charge in [-0.25, -0.2) is 9.67 Å². The van der Waals surface area contributed by atoms with Crippen molar-refractivity contribution in [3.05, 3.63) is 75.7 Å². The van der Waals surface area contributed by atoms with Crippen molar-refractivity contribution in [1.82, 2.24) is 20.1 Å². The van der Waals surface area contributed by atoms with Crippen LogP contribution in [0.2, 0.25) is 5.02 Å². The molecule has 164 valence electrons. The van der Waals surface area contributed by atoms with E-state index in [-0.39, 0.29) is 11.6 Å². The van der Waals surface area contributed by atoms with Gasteiger partial charge < -0.3 is 14.8 Å². The van der Waals surface area contributed by atoms with Crippen molar-refractivity contribution in [2.24, 2.45) is 0 Å². The third-order valence-electron chi connectivity index (χ3n) is 4.56. The Morgan fingerprint density at radius 3 is 2.61 bits per heavy atom. The zero-order chi connectivity index (χ0) is 22.2. The Kier molecular flexibility index (Phi) is 8.17. The van der Waals surface area contributed by atoms with Gasteiger partial charge in [0, 0.05) is 18.8 Å². The molecule has 0 unspecified atom stereocenters. The van der Waals surface area contributed by atoms with Crippen LogP contribution >= 0.6 is 11.6 Å². The first-order valence-corrected chi connectivity index (χ1v) is 10.6. The van der Waals surface area contributed by atoms with Gasteiger partial charge in [-0.2, -0.15) is 5.10 Å². The molecule has 0 aliphatic rings. The van der Waals surface area contributed by atoms with E-state index < -0.39 is 0 Å². The fourth-order valence-corrected chi connectivity index (χ4v) is 3.31. The van der Waals surface area contributed by atoms with Crippen LogP contribution in [0.15, 0.2) is 42.5 Å². The molecule has 0 saturated heterocycles. The van der Waals surface area contributed by atoms with E-state index in [4.69, 9.17) is 21.1 Å². The van der Waals surface area contributed by atoms with Crippen LogP contribution in [0.5, 0.6) is 0 Å². The van der Waals surface area contributed by atoms with Gasteiger partial charge in [-0.05, 0) is 50.1 Å². The Hall–Kier alpha value is -2.74. The van der Waals surface area contributed by atoms with Crippen LogP contribution in [0.4, 0.5) is 0 Å². The summed E-state index contributed by atoms with van der Waals surface area (Å²) in [5.74, 6) is 0.207. The van der Waals surface area contributed by atoms with Crippen LogP contribution in [-0.4, -0.2) is 40.5 Å². The first-order chi connectivity index (χ1) is 15.0. The molecule has 31 heavy (non-hydrogen) atoms. The third kappa shape index (κ3) is 6.37. The Balaban J connectivity index is 1.63. The maximum atomic E-state index is 12.7. The highest BCUT2D eigenvalue weighted by atomic mass is 35.5. The number of nitrogens with one attached hydrogen (secondary N) is 1. The second kappa shape index (κ2) is 11.0. The summed E-state index contributed by atoms with van der Waals surface area (Å²) in [6, 6.07) is 13.2. The number of benzene rings is 1. The minimum atomic E-state index is -0.341. The molecule has 0 aliphatic carbocycles. The van der Waals surface area contributed by atoms with Crippen molar-refractivity contribution in [1.29, 1.82) is 0 Å². The molecule has 0 fully saturated rings. The number of halogens is 1. The number of aromatic nitrogens is 3. The highest BCUT2D eigenvalue weighted by molar-refractivity contribution is 6.33. The summed E-state index contributed by atoms with van der Waals surface area (Å²) < 4.78 is 12.6. The fraction of sp³-hybridized carbons (Fsp3) is 0.348. The largest absolute Gasteiger partial charge is 0.379 e. The van der Waals surface area contributed by atoms with Gasteiger partial charge in [0.05, 0.1) is 30.5 Å². The van der Waals surface area contributed by atoms with Crippen molar-refractivity contribution < 1.29 is 14.3 Å². The zero-order valence-electron chi connectivity index (χ0n) is 18.0. The van der Waals surface area contributed by atoms with Gasteiger partial charge in [0.1, 0.15) is 5.69 Å². The predicted octanol–water partition coefficient (Wildman–Crippen LogP) is 4.02. The monoisotopic (exact) mass is 442 g/mol. The minimum Gasteiger partial charge on any atom is -0.379 e. The molecule has 1 aromatic carbocycles. The van der Waals surface area contributed by atoms with Crippen molar-refractivity contribution in [3.63, 3.8) is 0 Å². The average molecular weight is 443 g/mol. The van der Waals surface area contributed by atoms with Gasteiger partial charge >= 0.3 is 0 Å². The van der Waals surface area contributed by atoms with Gasteiger partial charge in [-0.3, -0.25) is 4.79 Å². The van der Waals surface area contributed by atoms with Crippen LogP contribution in [0, 0.1) is 13.8 Å². The number of hydrogen-bond donors (Lipinski definition) is 1. The van der Waals surface area contributed by atoms with E-state index >= 15 is 0 Å². The molecule has 2 aromatic heterocycles. The molecule has 1 amide bonds. The van der Waals surface area contributed by atoms with Crippen LogP contribution in [0.1, 0.15) is 39.9 Å². The molecule has 3 aromatic rings. The molecule has 7 nitrogen and oxygen atoms in total. The van der Waals surface area contributed by atoms with Crippen molar-refractivity contribution in [2.75, 3.05) is 19.8 Å². The summed E-state index contributed by atoms with van der Waals surface area (Å²) in [5, 5.41) is 7.59. The Morgan fingerprint density at radius 1 is 1.10 bits per heavy atom. The molecule has 0 spiro atoms. The number of amides is 1. The molecule has 1 N–H and O–H groups in total. The number of carbonyl (C=O) groups is 1. The molecule has 0 atom stereocenters. The standard InChI is InChI=1S/C23H27ClN4O3/c1-4-30-10-11-31-15-19-7-5-6-18(13-19)14-25-23(29)22-20(24)8-9-21(26-22)28-17(3)12-16(2)27-28/h5-9,12-13H,4,10-11,14-15H2,1-3H3,(H,25,29). The van der Waals surface area contributed by atoms with Gasteiger partial charge in [0.25, 0.3) is 5.91 Å². The second-order valence-electron chi connectivity index (χ2n) is 7.09. The minimum absolute atomic E-state index is 0.169. The number of aryl methyl sites for hydroxylation is 2. The zero-order valence-corrected chi connectivity index (χ0v) is 18.8. The second-order valence-corrected chi connectivity index (χ2v) is 7.50.